The van der Waals surface area contributed by atoms with Crippen LogP contribution >= 0.6 is 0 Å². The number of aliphatic hydroxyl groups excluding tert-OH is 2. The van der Waals surface area contributed by atoms with E-state index in [1.165, 1.54) is 16.5 Å². The van der Waals surface area contributed by atoms with Crippen molar-refractivity contribution in [2.24, 2.45) is 17.6 Å². The minimum Gasteiger partial charge on any atom is -0.508 e. The van der Waals surface area contributed by atoms with E-state index in [-0.39, 0.29) is 29.7 Å². The Balaban J connectivity index is 1.61. The zero-order valence-corrected chi connectivity index (χ0v) is 23.0. The number of phenolic OH excluding ortho intramolecular Hbond substituents is 1. The summed E-state index contributed by atoms with van der Waals surface area (Å²) in [4.78, 5) is 40.8. The van der Waals surface area contributed by atoms with E-state index in [1.54, 1.807) is 20.2 Å². The number of ketones is 2. The number of nitrogens with zero attached hydrogens (tertiary/aromatic N) is 1. The van der Waals surface area contributed by atoms with E-state index in [2.05, 4.69) is 25.2 Å². The Morgan fingerprint density at radius 2 is 1.88 bits per heavy atom. The van der Waals surface area contributed by atoms with E-state index in [9.17, 15) is 34.8 Å². The molecule has 10 nitrogen and oxygen atoms in total. The number of phenols is 1. The van der Waals surface area contributed by atoms with E-state index in [0.29, 0.717) is 18.0 Å². The number of amides is 1. The lowest BCUT2D eigenvalue weighted by Crippen LogP contribution is -2.65. The van der Waals surface area contributed by atoms with Crippen LogP contribution in [0.4, 0.5) is 0 Å². The summed E-state index contributed by atoms with van der Waals surface area (Å²) < 4.78 is 0. The summed E-state index contributed by atoms with van der Waals surface area (Å²) in [5, 5.41) is 48.3. The van der Waals surface area contributed by atoms with Gasteiger partial charge in [0.15, 0.2) is 11.4 Å². The minimum atomic E-state index is -2.64. The molecule has 0 aliphatic heterocycles. The Morgan fingerprint density at radius 1 is 1.18 bits per heavy atom. The summed E-state index contributed by atoms with van der Waals surface area (Å²) in [6.45, 7) is 4.88. The van der Waals surface area contributed by atoms with Crippen LogP contribution in [0.3, 0.4) is 0 Å². The third-order valence-electron chi connectivity index (χ3n) is 8.63. The molecule has 0 radical (unpaired) electrons. The molecule has 4 aliphatic carbocycles. The smallest absolute Gasteiger partial charge is 0.255 e. The molecule has 0 aromatic heterocycles. The topological polar surface area (TPSA) is 173 Å². The molecule has 1 saturated carbocycles. The van der Waals surface area contributed by atoms with Crippen molar-refractivity contribution in [3.05, 3.63) is 63.5 Å². The molecule has 10 heteroatoms. The van der Waals surface area contributed by atoms with Gasteiger partial charge in [-0.2, -0.15) is 0 Å². The summed E-state index contributed by atoms with van der Waals surface area (Å²) in [7, 11) is 3.16. The highest BCUT2D eigenvalue weighted by Gasteiger charge is 2.64. The van der Waals surface area contributed by atoms with Gasteiger partial charge in [-0.3, -0.25) is 19.3 Å². The van der Waals surface area contributed by atoms with Gasteiger partial charge < -0.3 is 31.5 Å². The summed E-state index contributed by atoms with van der Waals surface area (Å²) in [5.74, 6) is -6.55. The maximum atomic E-state index is 14.0. The fourth-order valence-electron chi connectivity index (χ4n) is 6.77. The van der Waals surface area contributed by atoms with Crippen molar-refractivity contribution in [1.82, 2.24) is 10.2 Å². The SMILES string of the molecule is CC(C)NCC1=CC=C(c2ccc(O)c3c2C[C@H]2C[C@H]4[C@H](N(C)C)C(=O)C(C(N)=O)=C(O)[C@@]4(O)C(=O)C2=C3O)C1. The number of benzene rings is 1. The number of likely N-dealkylation sites (N-methyl/N-ethyl adjacent to an activating group) is 1. The van der Waals surface area contributed by atoms with E-state index in [0.717, 1.165) is 17.7 Å². The van der Waals surface area contributed by atoms with Gasteiger partial charge in [-0.1, -0.05) is 37.6 Å². The van der Waals surface area contributed by atoms with Gasteiger partial charge in [0.05, 0.1) is 11.6 Å². The van der Waals surface area contributed by atoms with Crippen molar-refractivity contribution in [3.8, 4) is 5.75 Å². The molecule has 0 unspecified atom stereocenters. The number of rotatable bonds is 6. The van der Waals surface area contributed by atoms with Gasteiger partial charge >= 0.3 is 0 Å². The van der Waals surface area contributed by atoms with Crippen LogP contribution in [0.2, 0.25) is 0 Å². The molecule has 5 rings (SSSR count). The molecule has 7 N–H and O–H groups in total. The number of hydrogen-bond acceptors (Lipinski definition) is 9. The standard InChI is InChI=1S/C30H35N3O7/c1-13(2)32-12-14-5-6-15(9-14)17-7-8-20(34)22-18(17)10-16-11-19-24(33(3)4)26(36)23(29(31)39)28(38)30(19,40)27(37)21(16)25(22)35/h5-8,13,16,19,24,32,34-35,38,40H,9-12H2,1-4H3,(H2,31,39)/t16-,19-,24-,30-/m0/s1. The van der Waals surface area contributed by atoms with E-state index in [4.69, 9.17) is 5.73 Å². The lowest BCUT2D eigenvalue weighted by Gasteiger charge is -2.50. The van der Waals surface area contributed by atoms with Gasteiger partial charge in [-0.15, -0.1) is 0 Å². The van der Waals surface area contributed by atoms with Gasteiger partial charge in [0.2, 0.25) is 5.78 Å². The number of primary amides is 1. The molecule has 1 fully saturated rings. The van der Waals surface area contributed by atoms with Crippen LogP contribution in [0.25, 0.3) is 11.3 Å². The third-order valence-corrected chi connectivity index (χ3v) is 8.63. The first kappa shape index (κ1) is 27.8. The van der Waals surface area contributed by atoms with Gasteiger partial charge in [-0.25, -0.2) is 0 Å². The largest absolute Gasteiger partial charge is 0.508 e. The number of fused-ring (bicyclic) bond motifs is 3. The predicted molar refractivity (Wildman–Crippen MR) is 148 cm³/mol. The molecule has 0 saturated heterocycles. The van der Waals surface area contributed by atoms with Crippen LogP contribution in [0.15, 0.2) is 46.8 Å². The number of carbonyl (C=O) groups excluding carboxylic acids is 3. The second kappa shape index (κ2) is 9.72. The van der Waals surface area contributed by atoms with Crippen LogP contribution in [0.5, 0.6) is 5.75 Å². The first-order valence-electron chi connectivity index (χ1n) is 13.4. The monoisotopic (exact) mass is 549 g/mol. The molecular weight excluding hydrogens is 514 g/mol. The molecule has 1 aromatic carbocycles. The predicted octanol–water partition coefficient (Wildman–Crippen LogP) is 1.68. The van der Waals surface area contributed by atoms with Gasteiger partial charge in [0, 0.05) is 24.1 Å². The zero-order valence-electron chi connectivity index (χ0n) is 23.0. The molecule has 40 heavy (non-hydrogen) atoms. The molecule has 1 amide bonds. The molecule has 1 aromatic rings. The van der Waals surface area contributed by atoms with Gasteiger partial charge in [0.1, 0.15) is 22.8 Å². The second-order valence-electron chi connectivity index (χ2n) is 11.7. The Hall–Kier alpha value is -3.73. The number of nitrogens with one attached hydrogen (secondary N) is 1. The average Bonchev–Trinajstić information content (AvgIpc) is 3.33. The highest BCUT2D eigenvalue weighted by molar-refractivity contribution is 6.24. The van der Waals surface area contributed by atoms with Crippen molar-refractivity contribution in [2.75, 3.05) is 20.6 Å². The van der Waals surface area contributed by atoms with Crippen molar-refractivity contribution < 1.29 is 34.8 Å². The molecule has 4 atom stereocenters. The minimum absolute atomic E-state index is 0.0573. The van der Waals surface area contributed by atoms with Crippen molar-refractivity contribution in [3.63, 3.8) is 0 Å². The quantitative estimate of drug-likeness (QED) is 0.289. The number of allylic oxidation sites excluding steroid dienone is 3. The molecular formula is C30H35N3O7. The number of Topliss-reactive ketones (excluding diaryl/α,β-unsaturated/α-hetero) is 2. The van der Waals surface area contributed by atoms with Crippen molar-refractivity contribution in [1.29, 1.82) is 0 Å². The summed E-state index contributed by atoms with van der Waals surface area (Å²) in [6.07, 6.45) is 5.07. The molecule has 212 valence electrons. The first-order valence-corrected chi connectivity index (χ1v) is 13.4. The van der Waals surface area contributed by atoms with Gasteiger partial charge in [0.25, 0.3) is 5.91 Å². The van der Waals surface area contributed by atoms with E-state index in [1.807, 2.05) is 6.08 Å². The summed E-state index contributed by atoms with van der Waals surface area (Å²) in [6, 6.07) is 2.48. The third kappa shape index (κ3) is 4.01. The fourth-order valence-corrected chi connectivity index (χ4v) is 6.77. The maximum Gasteiger partial charge on any atom is 0.255 e. The second-order valence-corrected chi connectivity index (χ2v) is 11.7. The van der Waals surface area contributed by atoms with Crippen LogP contribution < -0.4 is 11.1 Å². The number of nitrogens with two attached hydrogens (primary N) is 1. The van der Waals surface area contributed by atoms with Crippen LogP contribution in [0, 0.1) is 11.8 Å². The normalized spacial score (nSPS) is 28.0. The Bertz CT molecular complexity index is 1470. The molecule has 0 bridgehead atoms. The number of carbonyl (C=O) groups is 3. The number of aromatic hydroxyl groups is 1. The average molecular weight is 550 g/mol. The van der Waals surface area contributed by atoms with Crippen LogP contribution in [-0.2, 0) is 20.8 Å². The zero-order chi connectivity index (χ0) is 29.3. The van der Waals surface area contributed by atoms with E-state index < -0.39 is 58.0 Å². The molecule has 0 spiro atoms. The first-order chi connectivity index (χ1) is 18.8. The fraction of sp³-hybridized carbons (Fsp3) is 0.433. The van der Waals surface area contributed by atoms with Crippen LogP contribution in [-0.4, -0.2) is 81.1 Å². The Labute approximate surface area is 232 Å². The highest BCUT2D eigenvalue weighted by atomic mass is 16.3. The van der Waals surface area contributed by atoms with Crippen molar-refractivity contribution in [2.45, 2.75) is 50.8 Å². The molecule has 4 aliphatic rings. The summed E-state index contributed by atoms with van der Waals surface area (Å²) >= 11 is 0. The van der Waals surface area contributed by atoms with Gasteiger partial charge in [-0.05, 0) is 62.0 Å². The number of hydrogen-bond donors (Lipinski definition) is 6. The van der Waals surface area contributed by atoms with Crippen molar-refractivity contribution >= 4 is 28.8 Å². The van der Waals surface area contributed by atoms with Crippen LogP contribution in [0.1, 0.15) is 43.4 Å². The maximum absolute atomic E-state index is 14.0. The van der Waals surface area contributed by atoms with E-state index >= 15 is 0 Å². The number of aliphatic hydroxyl groups is 3. The highest BCUT2D eigenvalue weighted by Crippen LogP contribution is 2.53. The molecule has 0 heterocycles. The lowest BCUT2D eigenvalue weighted by molar-refractivity contribution is -0.153. The summed E-state index contributed by atoms with van der Waals surface area (Å²) in [5.41, 5.74) is 5.57. The lowest BCUT2D eigenvalue weighted by atomic mass is 9.57. The Kier molecular flexibility index (Phi) is 6.76. The Morgan fingerprint density at radius 3 is 2.50 bits per heavy atom.